The zero-order chi connectivity index (χ0) is 25.1. The molecule has 2 aromatic rings. The number of rotatable bonds is 8. The van der Waals surface area contributed by atoms with E-state index in [2.05, 4.69) is 57.9 Å². The first-order valence-corrected chi connectivity index (χ1v) is 14.3. The summed E-state index contributed by atoms with van der Waals surface area (Å²) in [6, 6.07) is 12.3. The highest BCUT2D eigenvalue weighted by molar-refractivity contribution is 5.92. The monoisotopic (exact) mass is 492 g/mol. The number of hydrogen-bond acceptors (Lipinski definition) is 4. The fraction of sp³-hybridized carbons (Fsp3) is 0.690. The normalized spacial score (nSPS) is 24.8. The number of nitrogens with zero attached hydrogens (tertiary/aromatic N) is 5. The summed E-state index contributed by atoms with van der Waals surface area (Å²) < 4.78 is 2.43. The standard InChI is InChI=1S/C29H44N6O/c1-21(2)28-32-31-22(3)35(28)27-19-25-15-16-26(20-27)33(25)17-10-18-34(24-13-8-5-9-14-24)29(36)30-23-11-6-4-7-12-23/h5,8-9,13-14,21,23,25-27H,4,6-7,10-12,15-20H2,1-3H3,(H,30,36)/t25-,26+,27?. The first kappa shape index (κ1) is 25.2. The van der Waals surface area contributed by atoms with Gasteiger partial charge in [0.1, 0.15) is 11.6 Å². The van der Waals surface area contributed by atoms with Gasteiger partial charge < -0.3 is 9.88 Å². The zero-order valence-corrected chi connectivity index (χ0v) is 22.4. The van der Waals surface area contributed by atoms with Crippen LogP contribution in [0.3, 0.4) is 0 Å². The molecule has 36 heavy (non-hydrogen) atoms. The van der Waals surface area contributed by atoms with Crippen LogP contribution in [0.25, 0.3) is 0 Å². The Hall–Kier alpha value is -2.41. The number of nitrogens with one attached hydrogen (secondary N) is 1. The summed E-state index contributed by atoms with van der Waals surface area (Å²) in [5, 5.41) is 12.2. The van der Waals surface area contributed by atoms with Crippen LogP contribution in [-0.2, 0) is 0 Å². The second-order valence-electron chi connectivity index (χ2n) is 11.5. The maximum Gasteiger partial charge on any atom is 0.322 e. The highest BCUT2D eigenvalue weighted by Gasteiger charge is 2.42. The lowest BCUT2D eigenvalue weighted by Crippen LogP contribution is -2.48. The van der Waals surface area contributed by atoms with Crippen molar-refractivity contribution in [3.8, 4) is 0 Å². The number of urea groups is 1. The van der Waals surface area contributed by atoms with Gasteiger partial charge in [0.15, 0.2) is 0 Å². The van der Waals surface area contributed by atoms with Crippen LogP contribution >= 0.6 is 0 Å². The molecule has 2 bridgehead atoms. The molecule has 2 saturated heterocycles. The first-order valence-electron chi connectivity index (χ1n) is 14.3. The van der Waals surface area contributed by atoms with Crippen LogP contribution in [0.1, 0.15) is 102 Å². The van der Waals surface area contributed by atoms with Gasteiger partial charge in [-0.3, -0.25) is 9.80 Å². The van der Waals surface area contributed by atoms with Crippen molar-refractivity contribution in [3.05, 3.63) is 42.0 Å². The van der Waals surface area contributed by atoms with Crippen molar-refractivity contribution in [3.63, 3.8) is 0 Å². The zero-order valence-electron chi connectivity index (χ0n) is 22.4. The number of aryl methyl sites for hydroxylation is 1. The lowest BCUT2D eigenvalue weighted by Gasteiger charge is -2.40. The van der Waals surface area contributed by atoms with Gasteiger partial charge in [0.05, 0.1) is 0 Å². The predicted octanol–water partition coefficient (Wildman–Crippen LogP) is 5.82. The summed E-state index contributed by atoms with van der Waals surface area (Å²) >= 11 is 0. The lowest BCUT2D eigenvalue weighted by atomic mass is 9.95. The van der Waals surface area contributed by atoms with E-state index in [-0.39, 0.29) is 6.03 Å². The molecule has 1 aliphatic carbocycles. The fourth-order valence-corrected chi connectivity index (χ4v) is 6.92. The van der Waals surface area contributed by atoms with E-state index >= 15 is 0 Å². The molecule has 3 heterocycles. The van der Waals surface area contributed by atoms with Gasteiger partial charge in [0.25, 0.3) is 0 Å². The van der Waals surface area contributed by atoms with Crippen LogP contribution < -0.4 is 10.2 Å². The van der Waals surface area contributed by atoms with E-state index in [1.54, 1.807) is 0 Å². The summed E-state index contributed by atoms with van der Waals surface area (Å²) in [5.41, 5.74) is 0.997. The van der Waals surface area contributed by atoms with Crippen LogP contribution in [0, 0.1) is 6.92 Å². The van der Waals surface area contributed by atoms with Crippen molar-refractivity contribution in [2.75, 3.05) is 18.0 Å². The molecular formula is C29H44N6O. The number of amides is 2. The number of carbonyl (C=O) groups is 1. The SMILES string of the molecule is Cc1nnc(C(C)C)n1C1C[C@H]2CC[C@@H](C1)N2CCCN(C(=O)NC1CCCCC1)c1ccccc1. The third-order valence-electron chi connectivity index (χ3n) is 8.68. The molecule has 1 saturated carbocycles. The Bertz CT molecular complexity index is 984. The van der Waals surface area contributed by atoms with Gasteiger partial charge in [-0.15, -0.1) is 10.2 Å². The molecule has 2 amide bonds. The Kier molecular flexibility index (Phi) is 7.94. The van der Waals surface area contributed by atoms with Crippen LogP contribution in [0.4, 0.5) is 10.5 Å². The van der Waals surface area contributed by atoms with Crippen molar-refractivity contribution < 1.29 is 4.79 Å². The number of anilines is 1. The lowest BCUT2D eigenvalue weighted by molar-refractivity contribution is 0.104. The number of benzene rings is 1. The van der Waals surface area contributed by atoms with E-state index in [4.69, 9.17) is 0 Å². The Morgan fingerprint density at radius 1 is 1.00 bits per heavy atom. The maximum absolute atomic E-state index is 13.3. The molecule has 5 rings (SSSR count). The predicted molar refractivity (Wildman–Crippen MR) is 144 cm³/mol. The third kappa shape index (κ3) is 5.46. The molecule has 196 valence electrons. The summed E-state index contributed by atoms with van der Waals surface area (Å²) in [5.74, 6) is 2.58. The number of aromatic nitrogens is 3. The molecule has 7 nitrogen and oxygen atoms in total. The molecule has 1 N–H and O–H groups in total. The highest BCUT2D eigenvalue weighted by Crippen LogP contribution is 2.42. The average molecular weight is 493 g/mol. The van der Waals surface area contributed by atoms with Crippen LogP contribution in [0.5, 0.6) is 0 Å². The highest BCUT2D eigenvalue weighted by atomic mass is 16.2. The van der Waals surface area contributed by atoms with Gasteiger partial charge in [-0.1, -0.05) is 51.3 Å². The van der Waals surface area contributed by atoms with Gasteiger partial charge in [0, 0.05) is 48.9 Å². The molecule has 1 aromatic carbocycles. The molecular weight excluding hydrogens is 448 g/mol. The molecule has 1 aromatic heterocycles. The molecule has 0 radical (unpaired) electrons. The van der Waals surface area contributed by atoms with Gasteiger partial charge in [0.2, 0.25) is 0 Å². The molecule has 3 aliphatic rings. The van der Waals surface area contributed by atoms with Gasteiger partial charge >= 0.3 is 6.03 Å². The van der Waals surface area contributed by atoms with E-state index < -0.39 is 0 Å². The van der Waals surface area contributed by atoms with E-state index in [9.17, 15) is 4.79 Å². The molecule has 2 aliphatic heterocycles. The number of hydrogen-bond donors (Lipinski definition) is 1. The van der Waals surface area contributed by atoms with Gasteiger partial charge in [-0.05, 0) is 64.0 Å². The van der Waals surface area contributed by atoms with E-state index in [0.717, 1.165) is 49.7 Å². The fourth-order valence-electron chi connectivity index (χ4n) is 6.92. The Morgan fingerprint density at radius 2 is 1.69 bits per heavy atom. The Balaban J connectivity index is 1.20. The number of carbonyl (C=O) groups excluding carboxylic acids is 1. The van der Waals surface area contributed by atoms with Crippen molar-refractivity contribution in [2.24, 2.45) is 0 Å². The smallest absolute Gasteiger partial charge is 0.322 e. The summed E-state index contributed by atoms with van der Waals surface area (Å²) in [4.78, 5) is 18.0. The number of fused-ring (bicyclic) bond motifs is 2. The number of piperidine rings is 1. The largest absolute Gasteiger partial charge is 0.335 e. The molecule has 1 unspecified atom stereocenters. The average Bonchev–Trinajstić information content (AvgIpc) is 3.38. The molecule has 3 atom stereocenters. The number of para-hydroxylation sites is 1. The van der Waals surface area contributed by atoms with Crippen molar-refractivity contribution in [2.45, 2.75) is 115 Å². The van der Waals surface area contributed by atoms with E-state index in [0.29, 0.717) is 30.1 Å². The second-order valence-corrected chi connectivity index (χ2v) is 11.5. The van der Waals surface area contributed by atoms with Gasteiger partial charge in [-0.25, -0.2) is 4.79 Å². The minimum Gasteiger partial charge on any atom is -0.335 e. The van der Waals surface area contributed by atoms with Crippen molar-refractivity contribution in [1.29, 1.82) is 0 Å². The summed E-state index contributed by atoms with van der Waals surface area (Å²) in [7, 11) is 0. The third-order valence-corrected chi connectivity index (χ3v) is 8.68. The van der Waals surface area contributed by atoms with Crippen molar-refractivity contribution >= 4 is 11.7 Å². The summed E-state index contributed by atoms with van der Waals surface area (Å²) in [6.45, 7) is 8.34. The summed E-state index contributed by atoms with van der Waals surface area (Å²) in [6.07, 6.45) is 11.9. The van der Waals surface area contributed by atoms with E-state index in [1.165, 1.54) is 44.9 Å². The second kappa shape index (κ2) is 11.3. The first-order chi connectivity index (χ1) is 17.5. The van der Waals surface area contributed by atoms with Gasteiger partial charge in [-0.2, -0.15) is 0 Å². The Morgan fingerprint density at radius 3 is 2.36 bits per heavy atom. The van der Waals surface area contributed by atoms with Crippen molar-refractivity contribution in [1.82, 2.24) is 25.0 Å². The van der Waals surface area contributed by atoms with Crippen LogP contribution in [-0.4, -0.2) is 56.9 Å². The quantitative estimate of drug-likeness (QED) is 0.504. The molecule has 3 fully saturated rings. The van der Waals surface area contributed by atoms with Crippen LogP contribution in [0.15, 0.2) is 30.3 Å². The maximum atomic E-state index is 13.3. The molecule has 0 spiro atoms. The topological polar surface area (TPSA) is 66.3 Å². The van der Waals surface area contributed by atoms with E-state index in [1.807, 2.05) is 23.1 Å². The minimum absolute atomic E-state index is 0.0686. The Labute approximate surface area is 216 Å². The molecule has 7 heteroatoms. The van der Waals surface area contributed by atoms with Crippen LogP contribution in [0.2, 0.25) is 0 Å². The minimum atomic E-state index is 0.0686.